The first kappa shape index (κ1) is 17.3. The molecule has 0 saturated heterocycles. The van der Waals surface area contributed by atoms with Gasteiger partial charge in [0, 0.05) is 17.4 Å². The Morgan fingerprint density at radius 3 is 2.62 bits per heavy atom. The van der Waals surface area contributed by atoms with E-state index in [0.717, 1.165) is 28.7 Å². The predicted octanol–water partition coefficient (Wildman–Crippen LogP) is 3.79. The second kappa shape index (κ2) is 8.03. The summed E-state index contributed by atoms with van der Waals surface area (Å²) in [6.45, 7) is 2.47. The number of hydrogen-bond donors (Lipinski definition) is 1. The fourth-order valence-corrected chi connectivity index (χ4v) is 4.16. The second-order valence-electron chi connectivity index (χ2n) is 6.31. The van der Waals surface area contributed by atoms with Crippen LogP contribution in [0.25, 0.3) is 11.4 Å². The van der Waals surface area contributed by atoms with E-state index in [1.165, 1.54) is 19.3 Å². The highest BCUT2D eigenvalue weighted by molar-refractivity contribution is 7.99. The average Bonchev–Trinajstić information content (AvgIpc) is 3.04. The van der Waals surface area contributed by atoms with Gasteiger partial charge in [0.25, 0.3) is 0 Å². The molecule has 1 aromatic carbocycles. The van der Waals surface area contributed by atoms with Crippen LogP contribution in [0.3, 0.4) is 0 Å². The maximum Gasteiger partial charge on any atom is 0.191 e. The molecule has 0 bridgehead atoms. The highest BCUT2D eigenvalue weighted by Crippen LogP contribution is 2.39. The minimum Gasteiger partial charge on any atom is -0.497 e. The Kier molecular flexibility index (Phi) is 5.79. The minimum atomic E-state index is 0.148. The van der Waals surface area contributed by atoms with E-state index >= 15 is 0 Å². The molecular weight excluding hydrogens is 322 g/mol. The zero-order chi connectivity index (χ0) is 16.9. The maximum atomic E-state index is 9.17. The van der Waals surface area contributed by atoms with Gasteiger partial charge in [-0.2, -0.15) is 0 Å². The SMILES string of the molecule is COc1ccc(-c2nnc(SCCO)n2C2CCCCC2C)cc1. The van der Waals surface area contributed by atoms with Crippen LogP contribution in [0.2, 0.25) is 0 Å². The molecule has 0 amide bonds. The first-order valence-electron chi connectivity index (χ1n) is 8.57. The van der Waals surface area contributed by atoms with Crippen molar-refractivity contribution in [2.75, 3.05) is 19.5 Å². The third-order valence-electron chi connectivity index (χ3n) is 4.73. The van der Waals surface area contributed by atoms with Crippen molar-refractivity contribution in [2.45, 2.75) is 43.8 Å². The van der Waals surface area contributed by atoms with Gasteiger partial charge in [-0.1, -0.05) is 31.5 Å². The molecule has 2 aromatic rings. The highest BCUT2D eigenvalue weighted by Gasteiger charge is 2.28. The number of hydrogen-bond acceptors (Lipinski definition) is 5. The van der Waals surface area contributed by atoms with Crippen molar-refractivity contribution in [3.63, 3.8) is 0 Å². The van der Waals surface area contributed by atoms with Gasteiger partial charge in [0.1, 0.15) is 5.75 Å². The minimum absolute atomic E-state index is 0.148. The lowest BCUT2D eigenvalue weighted by atomic mass is 9.85. The second-order valence-corrected chi connectivity index (χ2v) is 7.37. The molecule has 1 saturated carbocycles. The van der Waals surface area contributed by atoms with Crippen LogP contribution in [0.5, 0.6) is 5.75 Å². The maximum absolute atomic E-state index is 9.17. The van der Waals surface area contributed by atoms with Crippen LogP contribution in [0.4, 0.5) is 0 Å². The molecule has 0 spiro atoms. The number of rotatable bonds is 6. The average molecular weight is 347 g/mol. The number of ether oxygens (including phenoxy) is 1. The fraction of sp³-hybridized carbons (Fsp3) is 0.556. The lowest BCUT2D eigenvalue weighted by Gasteiger charge is -2.31. The lowest BCUT2D eigenvalue weighted by molar-refractivity contribution is 0.247. The molecule has 1 aliphatic rings. The molecule has 1 aromatic heterocycles. The number of aliphatic hydroxyl groups is 1. The van der Waals surface area contributed by atoms with E-state index in [2.05, 4.69) is 21.7 Å². The highest BCUT2D eigenvalue weighted by atomic mass is 32.2. The largest absolute Gasteiger partial charge is 0.497 e. The first-order chi connectivity index (χ1) is 11.7. The third-order valence-corrected chi connectivity index (χ3v) is 5.66. The van der Waals surface area contributed by atoms with Crippen molar-refractivity contribution in [1.29, 1.82) is 0 Å². The van der Waals surface area contributed by atoms with E-state index in [1.54, 1.807) is 18.9 Å². The normalized spacial score (nSPS) is 21.0. The van der Waals surface area contributed by atoms with E-state index in [9.17, 15) is 5.11 Å². The van der Waals surface area contributed by atoms with Crippen LogP contribution in [0.15, 0.2) is 29.4 Å². The first-order valence-corrected chi connectivity index (χ1v) is 9.56. The van der Waals surface area contributed by atoms with Crippen molar-refractivity contribution in [3.05, 3.63) is 24.3 Å². The van der Waals surface area contributed by atoms with Crippen LogP contribution in [-0.4, -0.2) is 39.3 Å². The van der Waals surface area contributed by atoms with Crippen LogP contribution >= 0.6 is 11.8 Å². The smallest absolute Gasteiger partial charge is 0.191 e. The van der Waals surface area contributed by atoms with E-state index in [0.29, 0.717) is 17.7 Å². The van der Waals surface area contributed by atoms with E-state index < -0.39 is 0 Å². The third kappa shape index (κ3) is 3.59. The van der Waals surface area contributed by atoms with Crippen LogP contribution in [0.1, 0.15) is 38.6 Å². The molecule has 5 nitrogen and oxygen atoms in total. The fourth-order valence-electron chi connectivity index (χ4n) is 3.43. The molecule has 1 aliphatic carbocycles. The summed E-state index contributed by atoms with van der Waals surface area (Å²) in [6, 6.07) is 8.41. The topological polar surface area (TPSA) is 60.2 Å². The number of benzene rings is 1. The van der Waals surface area contributed by atoms with Gasteiger partial charge in [-0.3, -0.25) is 4.57 Å². The van der Waals surface area contributed by atoms with Gasteiger partial charge in [-0.25, -0.2) is 0 Å². The number of thioether (sulfide) groups is 1. The predicted molar refractivity (Wildman–Crippen MR) is 96.5 cm³/mol. The van der Waals surface area contributed by atoms with Crippen molar-refractivity contribution in [1.82, 2.24) is 14.8 Å². The van der Waals surface area contributed by atoms with Crippen molar-refractivity contribution >= 4 is 11.8 Å². The van der Waals surface area contributed by atoms with Crippen LogP contribution in [-0.2, 0) is 0 Å². The monoisotopic (exact) mass is 347 g/mol. The Balaban J connectivity index is 1.99. The molecule has 2 atom stereocenters. The van der Waals surface area contributed by atoms with Gasteiger partial charge in [-0.05, 0) is 43.0 Å². The summed E-state index contributed by atoms with van der Waals surface area (Å²) in [7, 11) is 1.67. The van der Waals surface area contributed by atoms with Gasteiger partial charge in [-0.15, -0.1) is 10.2 Å². The van der Waals surface area contributed by atoms with Crippen LogP contribution < -0.4 is 4.74 Å². The molecule has 0 aliphatic heterocycles. The zero-order valence-corrected chi connectivity index (χ0v) is 15.1. The van der Waals surface area contributed by atoms with Gasteiger partial charge in [0.15, 0.2) is 11.0 Å². The lowest BCUT2D eigenvalue weighted by Crippen LogP contribution is -2.22. The number of aromatic nitrogens is 3. The van der Waals surface area contributed by atoms with E-state index in [-0.39, 0.29) is 6.61 Å². The van der Waals surface area contributed by atoms with Gasteiger partial charge in [0.05, 0.1) is 13.7 Å². The molecule has 2 unspecified atom stereocenters. The van der Waals surface area contributed by atoms with Crippen molar-refractivity contribution < 1.29 is 9.84 Å². The Hall–Kier alpha value is -1.53. The molecule has 1 heterocycles. The summed E-state index contributed by atoms with van der Waals surface area (Å²) in [6.07, 6.45) is 4.96. The van der Waals surface area contributed by atoms with Gasteiger partial charge in [0.2, 0.25) is 0 Å². The van der Waals surface area contributed by atoms with Crippen molar-refractivity contribution in [2.24, 2.45) is 5.92 Å². The molecule has 0 radical (unpaired) electrons. The summed E-state index contributed by atoms with van der Waals surface area (Å²) in [5.41, 5.74) is 1.05. The van der Waals surface area contributed by atoms with E-state index in [4.69, 9.17) is 4.74 Å². The molecule has 3 rings (SSSR count). The zero-order valence-electron chi connectivity index (χ0n) is 14.3. The van der Waals surface area contributed by atoms with Gasteiger partial charge >= 0.3 is 0 Å². The van der Waals surface area contributed by atoms with Crippen molar-refractivity contribution in [3.8, 4) is 17.1 Å². The van der Waals surface area contributed by atoms with E-state index in [1.807, 2.05) is 24.3 Å². The molecule has 6 heteroatoms. The summed E-state index contributed by atoms with van der Waals surface area (Å²) < 4.78 is 7.55. The quantitative estimate of drug-likeness (QED) is 0.806. The summed E-state index contributed by atoms with van der Waals surface area (Å²) in [5, 5.41) is 19.0. The summed E-state index contributed by atoms with van der Waals surface area (Å²) in [5.74, 6) is 3.00. The molecule has 130 valence electrons. The Labute approximate surface area is 147 Å². The Morgan fingerprint density at radius 2 is 1.96 bits per heavy atom. The number of methoxy groups -OCH3 is 1. The summed E-state index contributed by atoms with van der Waals surface area (Å²) in [4.78, 5) is 0. The van der Waals surface area contributed by atoms with Gasteiger partial charge < -0.3 is 9.84 Å². The molecule has 1 fully saturated rings. The Morgan fingerprint density at radius 1 is 1.21 bits per heavy atom. The summed E-state index contributed by atoms with van der Waals surface area (Å²) >= 11 is 1.58. The van der Waals surface area contributed by atoms with Crippen LogP contribution in [0, 0.1) is 5.92 Å². The molecular formula is C18H25N3O2S. The Bertz CT molecular complexity index is 657. The molecule has 24 heavy (non-hydrogen) atoms. The molecule has 1 N–H and O–H groups in total. The number of nitrogens with zero attached hydrogens (tertiary/aromatic N) is 3. The number of aliphatic hydroxyl groups excluding tert-OH is 1. The standard InChI is InChI=1S/C18H25N3O2S/c1-13-5-3-4-6-16(13)21-17(19-20-18(21)24-12-11-22)14-7-9-15(23-2)10-8-14/h7-10,13,16,22H,3-6,11-12H2,1-2H3.